The predicted octanol–water partition coefficient (Wildman–Crippen LogP) is 2.81. The first-order valence-electron chi connectivity index (χ1n) is 12.0. The van der Waals surface area contributed by atoms with Gasteiger partial charge in [0.25, 0.3) is 6.29 Å². The Labute approximate surface area is 218 Å². The zero-order valence-electron chi connectivity index (χ0n) is 21.0. The second kappa shape index (κ2) is 10.4. The van der Waals surface area contributed by atoms with Crippen molar-refractivity contribution in [3.05, 3.63) is 93.9 Å². The maximum absolute atomic E-state index is 12.7. The molecule has 0 aliphatic carbocycles. The molecule has 0 N–H and O–H groups in total. The van der Waals surface area contributed by atoms with Gasteiger partial charge in [-0.15, -0.1) is 0 Å². The van der Waals surface area contributed by atoms with Gasteiger partial charge in [-0.2, -0.15) is 0 Å². The van der Waals surface area contributed by atoms with Crippen LogP contribution in [-0.4, -0.2) is 37.9 Å². The van der Waals surface area contributed by atoms with Crippen molar-refractivity contribution in [1.29, 1.82) is 0 Å². The summed E-state index contributed by atoms with van der Waals surface area (Å²) < 4.78 is 26.7. The van der Waals surface area contributed by atoms with Crippen LogP contribution in [0.2, 0.25) is 0 Å². The van der Waals surface area contributed by atoms with Crippen LogP contribution >= 0.6 is 0 Å². The highest BCUT2D eigenvalue weighted by Gasteiger charge is 2.29. The molecule has 0 saturated heterocycles. The van der Waals surface area contributed by atoms with E-state index in [1.807, 2.05) is 37.3 Å². The molecule has 38 heavy (non-hydrogen) atoms. The van der Waals surface area contributed by atoms with Gasteiger partial charge >= 0.3 is 17.9 Å². The smallest absolute Gasteiger partial charge is 0.376 e. The third kappa shape index (κ3) is 4.81. The van der Waals surface area contributed by atoms with E-state index in [0.717, 1.165) is 11.1 Å². The van der Waals surface area contributed by atoms with E-state index in [2.05, 4.69) is 0 Å². The number of aryl methyl sites for hydroxylation is 1. The molecule has 0 saturated carbocycles. The number of ether oxygens (including phenoxy) is 5. The molecule has 3 aromatic carbocycles. The van der Waals surface area contributed by atoms with Crippen LogP contribution in [0.3, 0.4) is 0 Å². The highest BCUT2D eigenvalue weighted by Crippen LogP contribution is 2.26. The predicted molar refractivity (Wildman–Crippen MR) is 138 cm³/mol. The fourth-order valence-electron chi connectivity index (χ4n) is 4.29. The molecule has 0 amide bonds. The minimum absolute atomic E-state index is 0.203. The second-order valence-corrected chi connectivity index (χ2v) is 8.63. The van der Waals surface area contributed by atoms with E-state index in [9.17, 15) is 14.4 Å². The molecule has 8 heteroatoms. The van der Waals surface area contributed by atoms with Crippen molar-refractivity contribution in [1.82, 2.24) is 0 Å². The highest BCUT2D eigenvalue weighted by atomic mass is 16.7. The van der Waals surface area contributed by atoms with Crippen LogP contribution in [0.15, 0.2) is 66.7 Å². The van der Waals surface area contributed by atoms with Gasteiger partial charge in [-0.1, -0.05) is 48.0 Å². The van der Waals surface area contributed by atoms with Gasteiger partial charge in [-0.3, -0.25) is 0 Å². The minimum Gasteiger partial charge on any atom is -0.461 e. The molecule has 2 heterocycles. The standard InChI is InChI=1S/C30H24O8/c1-4-35-29(33)30(34-3)36-20-10-6-8-18(14-20)11-12-21-22-15-25-23(16-24(22)37-27(21)31)26(28(32)38-25)19-9-5-7-17(2)13-19/h5-16,30H,4H2,1-3H3. The maximum atomic E-state index is 12.7. The van der Waals surface area contributed by atoms with Gasteiger partial charge in [-0.25, -0.2) is 14.4 Å². The number of carbonyl (C=O) groups excluding carboxylic acids is 3. The van der Waals surface area contributed by atoms with Gasteiger partial charge in [0.05, 0.1) is 17.8 Å². The summed E-state index contributed by atoms with van der Waals surface area (Å²) >= 11 is 0. The zero-order valence-corrected chi connectivity index (χ0v) is 21.0. The average Bonchev–Trinajstić information content (AvgIpc) is 3.38. The van der Waals surface area contributed by atoms with Gasteiger partial charge < -0.3 is 23.7 Å². The van der Waals surface area contributed by atoms with Crippen LogP contribution in [0.25, 0.3) is 17.2 Å². The number of hydrogen-bond acceptors (Lipinski definition) is 8. The molecular formula is C30H24O8. The number of esters is 3. The Balaban J connectivity index is 1.48. The maximum Gasteiger partial charge on any atom is 0.376 e. The second-order valence-electron chi connectivity index (χ2n) is 8.63. The van der Waals surface area contributed by atoms with Gasteiger partial charge in [0.1, 0.15) is 17.2 Å². The van der Waals surface area contributed by atoms with Crippen LogP contribution in [0.1, 0.15) is 23.6 Å². The molecule has 0 radical (unpaired) electrons. The first kappa shape index (κ1) is 25.0. The van der Waals surface area contributed by atoms with E-state index < -0.39 is 24.2 Å². The molecule has 0 bridgehead atoms. The van der Waals surface area contributed by atoms with Crippen molar-refractivity contribution in [2.45, 2.75) is 20.1 Å². The number of carbonyl (C=O) groups is 3. The first-order valence-corrected chi connectivity index (χ1v) is 12.0. The number of rotatable bonds is 8. The average molecular weight is 513 g/mol. The summed E-state index contributed by atoms with van der Waals surface area (Å²) in [5.74, 6) is -0.492. The summed E-state index contributed by atoms with van der Waals surface area (Å²) in [6.07, 6.45) is 2.14. The van der Waals surface area contributed by atoms with Crippen molar-refractivity contribution in [2.75, 3.05) is 13.7 Å². The van der Waals surface area contributed by atoms with Crippen LogP contribution in [0.5, 0.6) is 17.2 Å². The highest BCUT2D eigenvalue weighted by molar-refractivity contribution is 6.20. The van der Waals surface area contributed by atoms with E-state index >= 15 is 0 Å². The van der Waals surface area contributed by atoms with Crippen molar-refractivity contribution in [3.63, 3.8) is 0 Å². The summed E-state index contributed by atoms with van der Waals surface area (Å²) in [6.45, 7) is 3.84. The Kier molecular flexibility index (Phi) is 6.81. The molecular weight excluding hydrogens is 488 g/mol. The fraction of sp³-hybridized carbons (Fsp3) is 0.167. The molecule has 0 fully saturated rings. The fourth-order valence-corrected chi connectivity index (χ4v) is 4.29. The molecule has 192 valence electrons. The summed E-state index contributed by atoms with van der Waals surface area (Å²) in [5.41, 5.74) is 3.20. The summed E-state index contributed by atoms with van der Waals surface area (Å²) in [7, 11) is 1.35. The number of fused-ring (bicyclic) bond motifs is 2. The lowest BCUT2D eigenvalue weighted by Crippen LogP contribution is -2.31. The SMILES string of the molecule is CCOC(=O)C(OC)Oc1cccc(C=CC2=c3cc4c(cc3OC2=O)=C(c2cccc(C)c2)C(=O)O4)c1. The molecule has 1 unspecified atom stereocenters. The van der Waals surface area contributed by atoms with Crippen LogP contribution < -0.4 is 24.6 Å². The Morgan fingerprint density at radius 3 is 2.42 bits per heavy atom. The van der Waals surface area contributed by atoms with Gasteiger partial charge in [0.15, 0.2) is 0 Å². The van der Waals surface area contributed by atoms with Crippen LogP contribution in [-0.2, 0) is 23.9 Å². The number of hydrogen-bond donors (Lipinski definition) is 0. The Morgan fingerprint density at radius 1 is 0.921 bits per heavy atom. The molecule has 1 atom stereocenters. The molecule has 0 aromatic heterocycles. The summed E-state index contributed by atoms with van der Waals surface area (Å²) in [6, 6.07) is 17.8. The van der Waals surface area contributed by atoms with Crippen LogP contribution in [0, 0.1) is 6.92 Å². The quantitative estimate of drug-likeness (QED) is 0.258. The molecule has 5 rings (SSSR count). The third-order valence-electron chi connectivity index (χ3n) is 6.01. The molecule has 3 aromatic rings. The Morgan fingerprint density at radius 2 is 1.66 bits per heavy atom. The van der Waals surface area contributed by atoms with Gasteiger partial charge in [-0.05, 0) is 55.3 Å². The third-order valence-corrected chi connectivity index (χ3v) is 6.01. The molecule has 2 aliphatic rings. The van der Waals surface area contributed by atoms with Crippen molar-refractivity contribution in [2.24, 2.45) is 0 Å². The minimum atomic E-state index is -1.20. The van der Waals surface area contributed by atoms with Gasteiger partial charge in [0, 0.05) is 17.5 Å². The number of methoxy groups -OCH3 is 1. The Bertz CT molecular complexity index is 1620. The largest absolute Gasteiger partial charge is 0.461 e. The summed E-state index contributed by atoms with van der Waals surface area (Å²) in [4.78, 5) is 37.4. The van der Waals surface area contributed by atoms with E-state index in [1.165, 1.54) is 7.11 Å². The van der Waals surface area contributed by atoms with Crippen molar-refractivity contribution >= 4 is 35.1 Å². The van der Waals surface area contributed by atoms with Crippen molar-refractivity contribution < 1.29 is 38.1 Å². The lowest BCUT2D eigenvalue weighted by molar-refractivity contribution is -0.172. The van der Waals surface area contributed by atoms with E-state index in [1.54, 1.807) is 49.4 Å². The zero-order chi connectivity index (χ0) is 26.8. The Hall–Kier alpha value is -4.69. The van der Waals surface area contributed by atoms with Gasteiger partial charge in [0.2, 0.25) is 0 Å². The molecule has 0 spiro atoms. The number of benzene rings is 3. The molecule has 2 aliphatic heterocycles. The summed E-state index contributed by atoms with van der Waals surface area (Å²) in [5, 5.41) is 1.11. The van der Waals surface area contributed by atoms with E-state index in [0.29, 0.717) is 44.4 Å². The normalized spacial score (nSPS) is 14.7. The first-order chi connectivity index (χ1) is 18.4. The van der Waals surface area contributed by atoms with E-state index in [4.69, 9.17) is 23.7 Å². The van der Waals surface area contributed by atoms with Crippen LogP contribution in [0.4, 0.5) is 0 Å². The lowest BCUT2D eigenvalue weighted by atomic mass is 10.0. The topological polar surface area (TPSA) is 97.4 Å². The lowest BCUT2D eigenvalue weighted by Gasteiger charge is -2.15. The van der Waals surface area contributed by atoms with E-state index in [-0.39, 0.29) is 6.61 Å². The monoisotopic (exact) mass is 512 g/mol. The molecule has 8 nitrogen and oxygen atoms in total. The van der Waals surface area contributed by atoms with Crippen molar-refractivity contribution in [3.8, 4) is 17.2 Å².